The predicted octanol–water partition coefficient (Wildman–Crippen LogP) is 3.64. The van der Waals surface area contributed by atoms with E-state index in [1.54, 1.807) is 0 Å². The van der Waals surface area contributed by atoms with Gasteiger partial charge in [-0.25, -0.2) is 0 Å². The molecule has 1 rings (SSSR count). The Labute approximate surface area is 108 Å². The number of hydrogen-bond acceptors (Lipinski definition) is 1. The SMILES string of the molecule is CCC(C)(CBr)NC(=O)CCC1CCCC1. The third kappa shape index (κ3) is 4.44. The van der Waals surface area contributed by atoms with Crippen LogP contribution in [0.3, 0.4) is 0 Å². The van der Waals surface area contributed by atoms with Crippen molar-refractivity contribution < 1.29 is 4.79 Å². The van der Waals surface area contributed by atoms with E-state index in [2.05, 4.69) is 35.1 Å². The minimum absolute atomic E-state index is 0.0766. The standard InChI is InChI=1S/C13H24BrNO/c1-3-13(2,10-14)15-12(16)9-8-11-6-4-5-7-11/h11H,3-10H2,1-2H3,(H,15,16). The lowest BCUT2D eigenvalue weighted by Gasteiger charge is -2.27. The smallest absolute Gasteiger partial charge is 0.220 e. The van der Waals surface area contributed by atoms with Crippen molar-refractivity contribution in [2.45, 2.75) is 64.3 Å². The van der Waals surface area contributed by atoms with Gasteiger partial charge in [0.25, 0.3) is 0 Å². The zero-order valence-electron chi connectivity index (χ0n) is 10.5. The summed E-state index contributed by atoms with van der Waals surface area (Å²) in [6.07, 6.45) is 8.13. The fraction of sp³-hybridized carbons (Fsp3) is 0.923. The molecule has 94 valence electrons. The van der Waals surface area contributed by atoms with E-state index >= 15 is 0 Å². The maximum atomic E-state index is 11.8. The largest absolute Gasteiger partial charge is 0.350 e. The molecule has 2 nitrogen and oxygen atoms in total. The van der Waals surface area contributed by atoms with E-state index in [9.17, 15) is 4.79 Å². The van der Waals surface area contributed by atoms with Crippen LogP contribution in [-0.2, 0) is 4.79 Å². The number of carbonyl (C=O) groups is 1. The first-order valence-electron chi connectivity index (χ1n) is 6.46. The van der Waals surface area contributed by atoms with Crippen molar-refractivity contribution in [3.05, 3.63) is 0 Å². The minimum Gasteiger partial charge on any atom is -0.350 e. The van der Waals surface area contributed by atoms with Crippen LogP contribution in [0.4, 0.5) is 0 Å². The quantitative estimate of drug-likeness (QED) is 0.743. The molecule has 0 aliphatic heterocycles. The van der Waals surface area contributed by atoms with E-state index < -0.39 is 0 Å². The van der Waals surface area contributed by atoms with Gasteiger partial charge >= 0.3 is 0 Å². The molecular formula is C13H24BrNO. The summed E-state index contributed by atoms with van der Waals surface area (Å²) in [7, 11) is 0. The van der Waals surface area contributed by atoms with Crippen LogP contribution in [0.2, 0.25) is 0 Å². The minimum atomic E-state index is -0.0766. The highest BCUT2D eigenvalue weighted by Crippen LogP contribution is 2.28. The third-order valence-electron chi connectivity index (χ3n) is 3.77. The predicted molar refractivity (Wildman–Crippen MR) is 71.8 cm³/mol. The third-order valence-corrected chi connectivity index (χ3v) is 5.01. The van der Waals surface area contributed by atoms with E-state index in [1.165, 1.54) is 25.7 Å². The summed E-state index contributed by atoms with van der Waals surface area (Å²) >= 11 is 3.46. The molecule has 0 spiro atoms. The zero-order valence-corrected chi connectivity index (χ0v) is 12.1. The monoisotopic (exact) mass is 289 g/mol. The van der Waals surface area contributed by atoms with Gasteiger partial charge in [0, 0.05) is 17.3 Å². The summed E-state index contributed by atoms with van der Waals surface area (Å²) in [6, 6.07) is 0. The van der Waals surface area contributed by atoms with Crippen molar-refractivity contribution in [2.24, 2.45) is 5.92 Å². The lowest BCUT2D eigenvalue weighted by molar-refractivity contribution is -0.122. The molecule has 0 aromatic heterocycles. The second-order valence-electron chi connectivity index (χ2n) is 5.29. The van der Waals surface area contributed by atoms with Gasteiger partial charge in [-0.2, -0.15) is 0 Å². The van der Waals surface area contributed by atoms with E-state index in [0.29, 0.717) is 6.42 Å². The van der Waals surface area contributed by atoms with Gasteiger partial charge in [-0.3, -0.25) is 4.79 Å². The Hall–Kier alpha value is -0.0500. The highest BCUT2D eigenvalue weighted by molar-refractivity contribution is 9.09. The van der Waals surface area contributed by atoms with Crippen LogP contribution in [0.5, 0.6) is 0 Å². The van der Waals surface area contributed by atoms with Crippen LogP contribution in [0.15, 0.2) is 0 Å². The maximum Gasteiger partial charge on any atom is 0.220 e. The lowest BCUT2D eigenvalue weighted by Crippen LogP contribution is -2.46. The molecule has 1 aliphatic carbocycles. The van der Waals surface area contributed by atoms with Gasteiger partial charge in [-0.05, 0) is 25.7 Å². The fourth-order valence-corrected chi connectivity index (χ4v) is 2.79. The summed E-state index contributed by atoms with van der Waals surface area (Å²) in [6.45, 7) is 4.20. The molecule has 1 aliphatic rings. The average molecular weight is 290 g/mol. The van der Waals surface area contributed by atoms with Crippen molar-refractivity contribution in [3.63, 3.8) is 0 Å². The second kappa shape index (κ2) is 6.63. The number of rotatable bonds is 6. The van der Waals surface area contributed by atoms with Gasteiger partial charge in [-0.15, -0.1) is 0 Å². The Balaban J connectivity index is 2.24. The normalized spacial score (nSPS) is 20.7. The van der Waals surface area contributed by atoms with Gasteiger partial charge in [0.1, 0.15) is 0 Å². The van der Waals surface area contributed by atoms with Crippen LogP contribution in [-0.4, -0.2) is 16.8 Å². The Bertz CT molecular complexity index is 220. The number of alkyl halides is 1. The first-order chi connectivity index (χ1) is 7.59. The molecule has 0 radical (unpaired) electrons. The number of nitrogens with one attached hydrogen (secondary N) is 1. The van der Waals surface area contributed by atoms with E-state index in [1.807, 2.05) is 0 Å². The van der Waals surface area contributed by atoms with Gasteiger partial charge in [0.2, 0.25) is 5.91 Å². The highest BCUT2D eigenvalue weighted by atomic mass is 79.9. The molecule has 0 saturated heterocycles. The van der Waals surface area contributed by atoms with Gasteiger partial charge in [0.15, 0.2) is 0 Å². The number of halogens is 1. The first-order valence-corrected chi connectivity index (χ1v) is 7.59. The topological polar surface area (TPSA) is 29.1 Å². The summed E-state index contributed by atoms with van der Waals surface area (Å²) in [4.78, 5) is 11.8. The fourth-order valence-electron chi connectivity index (χ4n) is 2.25. The van der Waals surface area contributed by atoms with Crippen LogP contribution >= 0.6 is 15.9 Å². The molecule has 0 aromatic rings. The molecule has 3 heteroatoms. The molecule has 1 atom stereocenters. The van der Waals surface area contributed by atoms with Gasteiger partial charge in [-0.1, -0.05) is 48.5 Å². The first kappa shape index (κ1) is 14.0. The van der Waals surface area contributed by atoms with Crippen LogP contribution in [0, 0.1) is 5.92 Å². The average Bonchev–Trinajstić information content (AvgIpc) is 2.79. The summed E-state index contributed by atoms with van der Waals surface area (Å²) < 4.78 is 0. The molecular weight excluding hydrogens is 266 g/mol. The van der Waals surface area contributed by atoms with E-state index in [-0.39, 0.29) is 11.4 Å². The molecule has 1 N–H and O–H groups in total. The van der Waals surface area contributed by atoms with Crippen LogP contribution in [0.1, 0.15) is 58.8 Å². The second-order valence-corrected chi connectivity index (χ2v) is 5.85. The van der Waals surface area contributed by atoms with Crippen LogP contribution < -0.4 is 5.32 Å². The Kier molecular flexibility index (Phi) is 5.81. The van der Waals surface area contributed by atoms with E-state index in [4.69, 9.17) is 0 Å². The van der Waals surface area contributed by atoms with Crippen LogP contribution in [0.25, 0.3) is 0 Å². The lowest BCUT2D eigenvalue weighted by atomic mass is 9.99. The maximum absolute atomic E-state index is 11.8. The summed E-state index contributed by atoms with van der Waals surface area (Å²) in [5.74, 6) is 1.03. The van der Waals surface area contributed by atoms with Crippen molar-refractivity contribution in [2.75, 3.05) is 5.33 Å². The van der Waals surface area contributed by atoms with Crippen molar-refractivity contribution in [1.82, 2.24) is 5.32 Å². The molecule has 0 heterocycles. The summed E-state index contributed by atoms with van der Waals surface area (Å²) in [5.41, 5.74) is -0.0766. The van der Waals surface area contributed by atoms with Crippen molar-refractivity contribution in [3.8, 4) is 0 Å². The molecule has 0 bridgehead atoms. The Morgan fingerprint density at radius 3 is 2.56 bits per heavy atom. The molecule has 1 saturated carbocycles. The van der Waals surface area contributed by atoms with E-state index in [0.717, 1.165) is 24.1 Å². The molecule has 16 heavy (non-hydrogen) atoms. The van der Waals surface area contributed by atoms with Crippen molar-refractivity contribution in [1.29, 1.82) is 0 Å². The Morgan fingerprint density at radius 1 is 1.44 bits per heavy atom. The molecule has 1 unspecified atom stereocenters. The van der Waals surface area contributed by atoms with Gasteiger partial charge < -0.3 is 5.32 Å². The van der Waals surface area contributed by atoms with Crippen molar-refractivity contribution >= 4 is 21.8 Å². The molecule has 0 aromatic carbocycles. The number of hydrogen-bond donors (Lipinski definition) is 1. The zero-order chi connectivity index (χ0) is 12.0. The highest BCUT2D eigenvalue weighted by Gasteiger charge is 2.23. The summed E-state index contributed by atoms with van der Waals surface area (Å²) in [5, 5.41) is 3.96. The number of carbonyl (C=O) groups excluding carboxylic acids is 1. The molecule has 1 amide bonds. The van der Waals surface area contributed by atoms with Gasteiger partial charge in [0.05, 0.1) is 0 Å². The number of amides is 1. The Morgan fingerprint density at radius 2 is 2.06 bits per heavy atom. The molecule has 1 fully saturated rings.